The van der Waals surface area contributed by atoms with Crippen molar-refractivity contribution in [2.45, 2.75) is 32.3 Å². The van der Waals surface area contributed by atoms with Crippen LogP contribution in [0.15, 0.2) is 24.3 Å². The Kier molecular flexibility index (Phi) is 6.12. The third-order valence-electron chi connectivity index (χ3n) is 3.69. The first-order valence-corrected chi connectivity index (χ1v) is 7.65. The fourth-order valence-corrected chi connectivity index (χ4v) is 2.53. The molecule has 1 aromatic rings. The number of carbonyl (C=O) groups is 1. The minimum absolute atomic E-state index is 0.0184. The average Bonchev–Trinajstić information content (AvgIpc) is 3.27. The molecule has 1 aliphatic rings. The molecule has 1 fully saturated rings. The van der Waals surface area contributed by atoms with Gasteiger partial charge in [-0.1, -0.05) is 25.1 Å². The quantitative estimate of drug-likeness (QED) is 0.689. The number of rotatable bonds is 9. The summed E-state index contributed by atoms with van der Waals surface area (Å²) in [5.74, 6) is -0.0234. The first kappa shape index (κ1) is 16.7. The average molecular weight is 312 g/mol. The van der Waals surface area contributed by atoms with Crippen molar-refractivity contribution in [3.8, 4) is 5.75 Å². The molecule has 2 atom stereocenters. The topological polar surface area (TPSA) is 50.4 Å². The van der Waals surface area contributed by atoms with E-state index in [1.54, 1.807) is 18.2 Å². The summed E-state index contributed by atoms with van der Waals surface area (Å²) in [7, 11) is 0. The molecule has 0 aliphatic heterocycles. The van der Waals surface area contributed by atoms with Gasteiger partial charge < -0.3 is 15.4 Å². The van der Waals surface area contributed by atoms with E-state index in [4.69, 9.17) is 0 Å². The number of amides is 1. The second-order valence-electron chi connectivity index (χ2n) is 5.41. The Morgan fingerprint density at radius 3 is 2.82 bits per heavy atom. The van der Waals surface area contributed by atoms with E-state index in [9.17, 15) is 13.6 Å². The summed E-state index contributed by atoms with van der Waals surface area (Å²) in [4.78, 5) is 12.0. The molecule has 1 saturated carbocycles. The lowest BCUT2D eigenvalue weighted by molar-refractivity contribution is -0.122. The summed E-state index contributed by atoms with van der Waals surface area (Å²) in [5.41, 5.74) is 0.687. The van der Waals surface area contributed by atoms with Gasteiger partial charge in [-0.3, -0.25) is 4.79 Å². The molecule has 6 heteroatoms. The highest BCUT2D eigenvalue weighted by atomic mass is 19.3. The largest absolute Gasteiger partial charge is 0.435 e. The van der Waals surface area contributed by atoms with Gasteiger partial charge in [-0.15, -0.1) is 0 Å². The van der Waals surface area contributed by atoms with E-state index in [0.717, 1.165) is 19.5 Å². The van der Waals surface area contributed by atoms with Crippen LogP contribution >= 0.6 is 0 Å². The fraction of sp³-hybridized carbons (Fsp3) is 0.562. The molecular weight excluding hydrogens is 290 g/mol. The second kappa shape index (κ2) is 8.08. The third-order valence-corrected chi connectivity index (χ3v) is 3.69. The lowest BCUT2D eigenvalue weighted by Crippen LogP contribution is -2.33. The first-order valence-electron chi connectivity index (χ1n) is 7.65. The number of hydrogen-bond acceptors (Lipinski definition) is 3. The molecule has 1 aromatic carbocycles. The van der Waals surface area contributed by atoms with Gasteiger partial charge in [0.05, 0.1) is 0 Å². The number of alkyl halides is 2. The Labute approximate surface area is 129 Å². The van der Waals surface area contributed by atoms with Gasteiger partial charge in [0.2, 0.25) is 5.91 Å². The normalized spacial score (nSPS) is 20.0. The predicted octanol–water partition coefficient (Wildman–Crippen LogP) is 2.51. The van der Waals surface area contributed by atoms with Crippen LogP contribution in [0.3, 0.4) is 0 Å². The zero-order chi connectivity index (χ0) is 15.9. The Bertz CT molecular complexity index is 497. The van der Waals surface area contributed by atoms with Crippen LogP contribution in [0.25, 0.3) is 0 Å². The lowest BCUT2D eigenvalue weighted by Gasteiger charge is -2.10. The van der Waals surface area contributed by atoms with E-state index < -0.39 is 6.61 Å². The molecule has 0 aromatic heterocycles. The van der Waals surface area contributed by atoms with Crippen molar-refractivity contribution >= 4 is 5.91 Å². The Morgan fingerprint density at radius 2 is 2.09 bits per heavy atom. The van der Waals surface area contributed by atoms with Gasteiger partial charge in [0.1, 0.15) is 5.75 Å². The number of nitrogens with one attached hydrogen (secondary N) is 2. The lowest BCUT2D eigenvalue weighted by atomic mass is 10.1. The Hall–Kier alpha value is -1.69. The third kappa shape index (κ3) is 4.66. The minimum Gasteiger partial charge on any atom is -0.435 e. The van der Waals surface area contributed by atoms with Gasteiger partial charge in [-0.05, 0) is 36.9 Å². The molecule has 2 rings (SSSR count). The monoisotopic (exact) mass is 312 g/mol. The van der Waals surface area contributed by atoms with Gasteiger partial charge in [0.15, 0.2) is 0 Å². The van der Waals surface area contributed by atoms with E-state index >= 15 is 0 Å². The van der Waals surface area contributed by atoms with Crippen LogP contribution in [-0.2, 0) is 4.79 Å². The maximum absolute atomic E-state index is 12.4. The van der Waals surface area contributed by atoms with E-state index in [-0.39, 0.29) is 23.5 Å². The van der Waals surface area contributed by atoms with Gasteiger partial charge in [-0.2, -0.15) is 8.78 Å². The summed E-state index contributed by atoms with van der Waals surface area (Å²) in [6, 6.07) is 6.69. The van der Waals surface area contributed by atoms with Crippen LogP contribution < -0.4 is 15.4 Å². The Balaban J connectivity index is 1.83. The molecule has 0 bridgehead atoms. The van der Waals surface area contributed by atoms with E-state index in [0.29, 0.717) is 18.5 Å². The molecule has 22 heavy (non-hydrogen) atoms. The maximum Gasteiger partial charge on any atom is 0.387 e. The van der Waals surface area contributed by atoms with Crippen molar-refractivity contribution in [3.63, 3.8) is 0 Å². The summed E-state index contributed by atoms with van der Waals surface area (Å²) in [5, 5.41) is 6.08. The van der Waals surface area contributed by atoms with Crippen molar-refractivity contribution < 1.29 is 18.3 Å². The molecule has 0 radical (unpaired) electrons. The summed E-state index contributed by atoms with van der Waals surface area (Å²) in [6.07, 6.45) is 1.73. The maximum atomic E-state index is 12.4. The van der Waals surface area contributed by atoms with Crippen molar-refractivity contribution in [2.24, 2.45) is 5.92 Å². The number of para-hydroxylation sites is 1. The van der Waals surface area contributed by atoms with Crippen LogP contribution in [0.2, 0.25) is 0 Å². The number of benzene rings is 1. The van der Waals surface area contributed by atoms with Crippen LogP contribution in [0.5, 0.6) is 5.75 Å². The van der Waals surface area contributed by atoms with Crippen LogP contribution in [-0.4, -0.2) is 32.2 Å². The minimum atomic E-state index is -2.85. The van der Waals surface area contributed by atoms with Gasteiger partial charge in [-0.25, -0.2) is 0 Å². The zero-order valence-electron chi connectivity index (χ0n) is 12.6. The van der Waals surface area contributed by atoms with Gasteiger partial charge >= 0.3 is 6.61 Å². The number of ether oxygens (including phenoxy) is 1. The highest BCUT2D eigenvalue weighted by Crippen LogP contribution is 2.50. The summed E-state index contributed by atoms with van der Waals surface area (Å²) < 4.78 is 29.3. The summed E-state index contributed by atoms with van der Waals surface area (Å²) >= 11 is 0. The highest BCUT2D eigenvalue weighted by molar-refractivity contribution is 5.83. The van der Waals surface area contributed by atoms with Gasteiger partial charge in [0.25, 0.3) is 0 Å². The van der Waals surface area contributed by atoms with Crippen molar-refractivity contribution in [1.82, 2.24) is 10.6 Å². The van der Waals surface area contributed by atoms with Crippen LogP contribution in [0.4, 0.5) is 8.78 Å². The molecule has 122 valence electrons. The van der Waals surface area contributed by atoms with Crippen molar-refractivity contribution in [2.75, 3.05) is 19.6 Å². The number of halogens is 2. The molecule has 1 aliphatic carbocycles. The molecule has 4 nitrogen and oxygen atoms in total. The predicted molar refractivity (Wildman–Crippen MR) is 80.1 cm³/mol. The van der Waals surface area contributed by atoms with Crippen LogP contribution in [0.1, 0.15) is 31.2 Å². The van der Waals surface area contributed by atoms with Gasteiger partial charge in [0, 0.05) is 19.0 Å². The molecule has 2 N–H and O–H groups in total. The molecule has 0 heterocycles. The fourth-order valence-electron chi connectivity index (χ4n) is 2.53. The van der Waals surface area contributed by atoms with Crippen molar-refractivity contribution in [1.29, 1.82) is 0 Å². The van der Waals surface area contributed by atoms with E-state index in [1.165, 1.54) is 6.07 Å². The number of carbonyl (C=O) groups excluding carboxylic acids is 1. The van der Waals surface area contributed by atoms with E-state index in [1.807, 2.05) is 0 Å². The smallest absolute Gasteiger partial charge is 0.387 e. The Morgan fingerprint density at radius 1 is 1.32 bits per heavy atom. The first-order chi connectivity index (χ1) is 10.6. The zero-order valence-corrected chi connectivity index (χ0v) is 12.6. The highest BCUT2D eigenvalue weighted by Gasteiger charge is 2.45. The molecule has 0 saturated heterocycles. The standard InChI is InChI=1S/C16H22F2N2O2/c1-2-7-19-8-9-20-15(21)13-10-12(13)11-5-3-4-6-14(11)22-16(17)18/h3-6,12-13,16,19H,2,7-10H2,1H3,(H,20,21). The molecule has 0 spiro atoms. The SMILES string of the molecule is CCCNCCNC(=O)C1CC1c1ccccc1OC(F)F. The molecular formula is C16H22F2N2O2. The second-order valence-corrected chi connectivity index (χ2v) is 5.41. The molecule has 2 unspecified atom stereocenters. The summed E-state index contributed by atoms with van der Waals surface area (Å²) in [6.45, 7) is 1.48. The van der Waals surface area contributed by atoms with Crippen molar-refractivity contribution in [3.05, 3.63) is 29.8 Å². The molecule has 1 amide bonds. The van der Waals surface area contributed by atoms with Crippen LogP contribution in [0, 0.1) is 5.92 Å². The van der Waals surface area contributed by atoms with E-state index in [2.05, 4.69) is 22.3 Å². The number of hydrogen-bond donors (Lipinski definition) is 2.